The molecular formula is C28H28N4O8. The molecule has 0 saturated carbocycles. The number of anilines is 3. The van der Waals surface area contributed by atoms with E-state index in [1.165, 1.54) is 6.07 Å². The number of nitrogens with two attached hydrogens (primary N) is 1. The number of aliphatic hydroxyl groups excluding tert-OH is 2. The van der Waals surface area contributed by atoms with Gasteiger partial charge in [-0.1, -0.05) is 18.2 Å². The maximum atomic E-state index is 13.9. The summed E-state index contributed by atoms with van der Waals surface area (Å²) in [6, 6.07) is 9.43. The maximum absolute atomic E-state index is 13.9. The van der Waals surface area contributed by atoms with Crippen molar-refractivity contribution in [1.82, 2.24) is 0 Å². The average molecular weight is 549 g/mol. The fourth-order valence-corrected chi connectivity index (χ4v) is 5.97. The van der Waals surface area contributed by atoms with Crippen LogP contribution in [0.25, 0.3) is 0 Å². The molecule has 0 unspecified atom stereocenters. The normalized spacial score (nSPS) is 23.7. The van der Waals surface area contributed by atoms with Crippen LogP contribution in [0.2, 0.25) is 0 Å². The predicted octanol–water partition coefficient (Wildman–Crippen LogP) is 2.29. The molecule has 0 radical (unpaired) electrons. The van der Waals surface area contributed by atoms with E-state index in [1.807, 2.05) is 0 Å². The number of phenolic OH excluding ortho intramolecular Hbond substituents is 1. The van der Waals surface area contributed by atoms with Crippen molar-refractivity contribution in [3.8, 4) is 5.75 Å². The van der Waals surface area contributed by atoms with E-state index in [0.717, 1.165) is 0 Å². The van der Waals surface area contributed by atoms with Crippen molar-refractivity contribution in [3.05, 3.63) is 70.2 Å². The SMILES string of the molecule is CN(C)c1cc(NC(=O)Nc2ccccc2)c(O)c2c1C[C@H]1C[C@H]3CC(O)=C(C(N)=O)C(=O)[C@@]3(O)C(O)=C1C2=O. The first-order valence-corrected chi connectivity index (χ1v) is 12.5. The average Bonchev–Trinajstić information content (AvgIpc) is 2.88. The molecule has 0 bridgehead atoms. The number of ketones is 2. The van der Waals surface area contributed by atoms with E-state index in [-0.39, 0.29) is 36.1 Å². The summed E-state index contributed by atoms with van der Waals surface area (Å²) in [4.78, 5) is 53.2. The highest BCUT2D eigenvalue weighted by molar-refractivity contribution is 6.24. The maximum Gasteiger partial charge on any atom is 0.323 e. The van der Waals surface area contributed by atoms with Crippen molar-refractivity contribution >= 4 is 40.6 Å². The lowest BCUT2D eigenvalue weighted by Gasteiger charge is -2.45. The molecule has 0 saturated heterocycles. The zero-order chi connectivity index (χ0) is 29.1. The summed E-state index contributed by atoms with van der Waals surface area (Å²) in [5.41, 5.74) is 2.67. The number of fused-ring (bicyclic) bond motifs is 3. The lowest BCUT2D eigenvalue weighted by atomic mass is 9.60. The number of nitrogens with one attached hydrogen (secondary N) is 2. The molecule has 40 heavy (non-hydrogen) atoms. The monoisotopic (exact) mass is 548 g/mol. The second-order valence-electron chi connectivity index (χ2n) is 10.4. The number of primary amides is 1. The molecular weight excluding hydrogens is 520 g/mol. The van der Waals surface area contributed by atoms with Gasteiger partial charge in [0, 0.05) is 43.4 Å². The Kier molecular flexibility index (Phi) is 6.30. The smallest absolute Gasteiger partial charge is 0.323 e. The van der Waals surface area contributed by atoms with E-state index >= 15 is 0 Å². The molecule has 0 aromatic heterocycles. The summed E-state index contributed by atoms with van der Waals surface area (Å²) < 4.78 is 0. The summed E-state index contributed by atoms with van der Waals surface area (Å²) in [5, 5.41) is 49.3. The highest BCUT2D eigenvalue weighted by Crippen LogP contribution is 2.53. The van der Waals surface area contributed by atoms with E-state index in [9.17, 15) is 39.6 Å². The number of carbonyl (C=O) groups is 4. The van der Waals surface area contributed by atoms with Crippen LogP contribution in [0.4, 0.5) is 21.9 Å². The van der Waals surface area contributed by atoms with Gasteiger partial charge in [-0.3, -0.25) is 14.4 Å². The first-order chi connectivity index (χ1) is 18.9. The van der Waals surface area contributed by atoms with Crippen LogP contribution in [0.1, 0.15) is 28.8 Å². The number of hydrogen-bond acceptors (Lipinski definition) is 9. The predicted molar refractivity (Wildman–Crippen MR) is 144 cm³/mol. The number of hydrogen-bond donors (Lipinski definition) is 7. The van der Waals surface area contributed by atoms with Gasteiger partial charge in [0.05, 0.1) is 11.3 Å². The lowest BCUT2D eigenvalue weighted by molar-refractivity contribution is -0.144. The molecule has 3 aliphatic rings. The number of aromatic hydroxyl groups is 1. The molecule has 0 spiro atoms. The minimum Gasteiger partial charge on any atom is -0.511 e. The Morgan fingerprint density at radius 1 is 1.05 bits per heavy atom. The van der Waals surface area contributed by atoms with Crippen molar-refractivity contribution in [2.75, 3.05) is 29.6 Å². The third-order valence-corrected chi connectivity index (χ3v) is 7.80. The van der Waals surface area contributed by atoms with Crippen molar-refractivity contribution in [2.24, 2.45) is 17.6 Å². The van der Waals surface area contributed by atoms with E-state index in [0.29, 0.717) is 16.9 Å². The van der Waals surface area contributed by atoms with Gasteiger partial charge in [0.2, 0.25) is 5.78 Å². The molecule has 3 aliphatic carbocycles. The molecule has 2 aromatic carbocycles. The molecule has 12 heteroatoms. The van der Waals surface area contributed by atoms with E-state index in [1.54, 1.807) is 49.3 Å². The number of nitrogens with zero attached hydrogens (tertiary/aromatic N) is 1. The van der Waals surface area contributed by atoms with Crippen molar-refractivity contribution in [3.63, 3.8) is 0 Å². The Morgan fingerprint density at radius 2 is 1.73 bits per heavy atom. The van der Waals surface area contributed by atoms with Gasteiger partial charge in [0.15, 0.2) is 17.1 Å². The van der Waals surface area contributed by atoms with Crippen LogP contribution in [0, 0.1) is 11.8 Å². The second kappa shape index (κ2) is 9.42. The minimum absolute atomic E-state index is 0.0238. The lowest BCUT2D eigenvalue weighted by Crippen LogP contribution is -2.57. The Balaban J connectivity index is 1.59. The highest BCUT2D eigenvalue weighted by atomic mass is 16.3. The molecule has 2 aromatic rings. The van der Waals surface area contributed by atoms with Crippen LogP contribution in [-0.2, 0) is 16.0 Å². The Hall–Kier alpha value is -4.84. The molecule has 0 fully saturated rings. The number of urea groups is 1. The first kappa shape index (κ1) is 26.8. The summed E-state index contributed by atoms with van der Waals surface area (Å²) in [6.07, 6.45) is -0.136. The zero-order valence-corrected chi connectivity index (χ0v) is 21.7. The van der Waals surface area contributed by atoms with Crippen LogP contribution in [0.3, 0.4) is 0 Å². The van der Waals surface area contributed by atoms with Gasteiger partial charge in [0.1, 0.15) is 17.1 Å². The topological polar surface area (TPSA) is 203 Å². The molecule has 8 N–H and O–H groups in total. The first-order valence-electron chi connectivity index (χ1n) is 12.5. The molecule has 0 aliphatic heterocycles. The summed E-state index contributed by atoms with van der Waals surface area (Å²) >= 11 is 0. The molecule has 5 rings (SSSR count). The number of carbonyl (C=O) groups excluding carboxylic acids is 4. The van der Waals surface area contributed by atoms with Gasteiger partial charge in [-0.05, 0) is 42.5 Å². The number of phenols is 1. The summed E-state index contributed by atoms with van der Waals surface area (Å²) in [5.74, 6) is -7.16. The second-order valence-corrected chi connectivity index (χ2v) is 10.4. The molecule has 3 amide bonds. The summed E-state index contributed by atoms with van der Waals surface area (Å²) in [7, 11) is 3.45. The fourth-order valence-electron chi connectivity index (χ4n) is 5.97. The largest absolute Gasteiger partial charge is 0.511 e. The number of rotatable bonds is 4. The minimum atomic E-state index is -2.65. The van der Waals surface area contributed by atoms with Crippen LogP contribution < -0.4 is 21.3 Å². The quantitative estimate of drug-likeness (QED) is 0.221. The molecule has 208 valence electrons. The Labute approximate surface area is 228 Å². The standard InChI is InChI=1S/C28H28N4O8/c1-32(2)17-11-16(31-27(39)30-14-6-4-3-5-7-14)22(34)20-15(17)9-12-8-13-10-18(33)21(26(29)38)25(37)28(13,40)24(36)19(12)23(20)35/h3-7,11-13,33-34,36,40H,8-10H2,1-2H3,(H2,29,38)(H2,30,31,39)/t12-,13+,28+/m1/s1. The number of benzene rings is 2. The van der Waals surface area contributed by atoms with Crippen LogP contribution in [-0.4, -0.2) is 63.6 Å². The number of Topliss-reactive ketones (excluding diaryl/α,β-unsaturated/α-hetero) is 2. The highest BCUT2D eigenvalue weighted by Gasteiger charge is 2.59. The van der Waals surface area contributed by atoms with Gasteiger partial charge >= 0.3 is 6.03 Å². The summed E-state index contributed by atoms with van der Waals surface area (Å²) in [6.45, 7) is 0. The number of amides is 3. The van der Waals surface area contributed by atoms with Crippen molar-refractivity contribution in [2.45, 2.75) is 24.9 Å². The van der Waals surface area contributed by atoms with Gasteiger partial charge in [-0.2, -0.15) is 0 Å². The van der Waals surface area contributed by atoms with Crippen LogP contribution >= 0.6 is 0 Å². The Morgan fingerprint density at radius 3 is 2.35 bits per heavy atom. The third-order valence-electron chi connectivity index (χ3n) is 7.80. The van der Waals surface area contributed by atoms with E-state index in [4.69, 9.17) is 5.73 Å². The molecule has 3 atom stereocenters. The molecule has 0 heterocycles. The third kappa shape index (κ3) is 3.95. The van der Waals surface area contributed by atoms with Gasteiger partial charge in [0.25, 0.3) is 5.91 Å². The Bertz CT molecular complexity index is 1550. The van der Waals surface area contributed by atoms with Crippen LogP contribution in [0.5, 0.6) is 5.75 Å². The van der Waals surface area contributed by atoms with Crippen LogP contribution in [0.15, 0.2) is 59.1 Å². The number of para-hydroxylation sites is 1. The van der Waals surface area contributed by atoms with E-state index < -0.39 is 63.8 Å². The van der Waals surface area contributed by atoms with Gasteiger partial charge in [-0.15, -0.1) is 0 Å². The fraction of sp³-hybridized carbons (Fsp3) is 0.286. The van der Waals surface area contributed by atoms with Gasteiger partial charge in [-0.25, -0.2) is 4.79 Å². The van der Waals surface area contributed by atoms with Gasteiger partial charge < -0.3 is 41.7 Å². The molecule has 12 nitrogen and oxygen atoms in total. The van der Waals surface area contributed by atoms with E-state index in [2.05, 4.69) is 10.6 Å². The van der Waals surface area contributed by atoms with Crippen molar-refractivity contribution in [1.29, 1.82) is 0 Å². The number of aliphatic hydroxyl groups is 3. The number of allylic oxidation sites excluding steroid dienone is 2. The zero-order valence-electron chi connectivity index (χ0n) is 21.7. The van der Waals surface area contributed by atoms with Crippen molar-refractivity contribution < 1.29 is 39.6 Å².